The Kier molecular flexibility index (Phi) is 6.24. The molecule has 0 atom stereocenters. The first-order valence-electron chi connectivity index (χ1n) is 6.55. The highest BCUT2D eigenvalue weighted by Crippen LogP contribution is 2.10. The van der Waals surface area contributed by atoms with Gasteiger partial charge in [0.1, 0.15) is 12.2 Å². The van der Waals surface area contributed by atoms with Crippen LogP contribution in [0.15, 0.2) is 24.4 Å². The molecule has 1 rings (SSSR count). The Morgan fingerprint density at radius 1 is 1.35 bits per heavy atom. The summed E-state index contributed by atoms with van der Waals surface area (Å²) in [5, 5.41) is 9.00. The fourth-order valence-electron chi connectivity index (χ4n) is 1.43. The van der Waals surface area contributed by atoms with Crippen molar-refractivity contribution in [2.45, 2.75) is 26.4 Å². The Bertz CT molecular complexity index is 403. The highest BCUT2D eigenvalue weighted by Gasteiger charge is 2.21. The van der Waals surface area contributed by atoms with Crippen LogP contribution in [0.25, 0.3) is 0 Å². The normalized spacial score (nSPS) is 11.0. The number of aliphatic hydroxyl groups excluding tert-OH is 1. The summed E-state index contributed by atoms with van der Waals surface area (Å²) >= 11 is 0. The number of amides is 1. The topological polar surface area (TPSA) is 71.9 Å². The number of pyridine rings is 1. The molecule has 0 aliphatic carbocycles. The Labute approximate surface area is 119 Å². The first kappa shape index (κ1) is 16.2. The van der Waals surface area contributed by atoms with E-state index in [0.717, 1.165) is 0 Å². The lowest BCUT2D eigenvalue weighted by molar-refractivity contribution is 0.0193. The van der Waals surface area contributed by atoms with Crippen LogP contribution in [-0.2, 0) is 4.74 Å². The van der Waals surface area contributed by atoms with Gasteiger partial charge in [0.2, 0.25) is 5.88 Å². The van der Waals surface area contributed by atoms with Crippen molar-refractivity contribution >= 4 is 6.09 Å². The molecular weight excluding hydrogens is 260 g/mol. The fraction of sp³-hybridized carbons (Fsp3) is 0.571. The van der Waals surface area contributed by atoms with E-state index >= 15 is 0 Å². The third kappa shape index (κ3) is 6.38. The summed E-state index contributed by atoms with van der Waals surface area (Å²) in [6.45, 7) is 6.09. The molecule has 0 aliphatic heterocycles. The number of hydrogen-bond acceptors (Lipinski definition) is 5. The molecule has 0 unspecified atom stereocenters. The molecule has 1 aromatic heterocycles. The summed E-state index contributed by atoms with van der Waals surface area (Å²) in [6, 6.07) is 5.36. The van der Waals surface area contributed by atoms with Gasteiger partial charge in [-0.1, -0.05) is 6.07 Å². The van der Waals surface area contributed by atoms with Gasteiger partial charge in [-0.2, -0.15) is 0 Å². The standard InChI is InChI=1S/C14H22N2O4/c1-14(2,3)20-13(18)16(8-10-17)9-11-19-12-6-4-5-7-15-12/h4-7,17H,8-11H2,1-3H3. The summed E-state index contributed by atoms with van der Waals surface area (Å²) in [4.78, 5) is 17.3. The summed E-state index contributed by atoms with van der Waals surface area (Å²) in [5.41, 5.74) is -0.563. The molecule has 0 radical (unpaired) electrons. The number of aromatic nitrogens is 1. The van der Waals surface area contributed by atoms with E-state index in [2.05, 4.69) is 4.98 Å². The predicted molar refractivity (Wildman–Crippen MR) is 74.6 cm³/mol. The van der Waals surface area contributed by atoms with Crippen molar-refractivity contribution in [3.63, 3.8) is 0 Å². The van der Waals surface area contributed by atoms with Gasteiger partial charge in [0.15, 0.2) is 0 Å². The third-order valence-electron chi connectivity index (χ3n) is 2.27. The van der Waals surface area contributed by atoms with Crippen LogP contribution in [0.3, 0.4) is 0 Å². The van der Waals surface area contributed by atoms with Gasteiger partial charge in [0.25, 0.3) is 0 Å². The van der Waals surface area contributed by atoms with Gasteiger partial charge in [0.05, 0.1) is 13.2 Å². The largest absolute Gasteiger partial charge is 0.476 e. The van der Waals surface area contributed by atoms with Crippen molar-refractivity contribution in [3.05, 3.63) is 24.4 Å². The second-order valence-electron chi connectivity index (χ2n) is 5.21. The number of carbonyl (C=O) groups is 1. The average molecular weight is 282 g/mol. The van der Waals surface area contributed by atoms with Crippen molar-refractivity contribution in [2.24, 2.45) is 0 Å². The zero-order valence-electron chi connectivity index (χ0n) is 12.2. The van der Waals surface area contributed by atoms with Crippen LogP contribution in [0, 0.1) is 0 Å². The molecule has 0 spiro atoms. The van der Waals surface area contributed by atoms with E-state index in [0.29, 0.717) is 12.4 Å². The van der Waals surface area contributed by atoms with E-state index < -0.39 is 11.7 Å². The van der Waals surface area contributed by atoms with Gasteiger partial charge >= 0.3 is 6.09 Å². The maximum atomic E-state index is 11.9. The minimum Gasteiger partial charge on any atom is -0.476 e. The molecule has 0 bridgehead atoms. The first-order chi connectivity index (χ1) is 9.42. The second-order valence-corrected chi connectivity index (χ2v) is 5.21. The van der Waals surface area contributed by atoms with E-state index in [9.17, 15) is 4.79 Å². The zero-order valence-corrected chi connectivity index (χ0v) is 12.2. The lowest BCUT2D eigenvalue weighted by atomic mass is 10.2. The Morgan fingerprint density at radius 2 is 2.10 bits per heavy atom. The van der Waals surface area contributed by atoms with Gasteiger partial charge in [0, 0.05) is 18.8 Å². The van der Waals surface area contributed by atoms with Gasteiger partial charge in [-0.25, -0.2) is 9.78 Å². The molecule has 0 saturated carbocycles. The highest BCUT2D eigenvalue weighted by molar-refractivity contribution is 5.68. The van der Waals surface area contributed by atoms with Crippen LogP contribution < -0.4 is 4.74 Å². The predicted octanol–water partition coefficient (Wildman–Crippen LogP) is 1.69. The van der Waals surface area contributed by atoms with Crippen LogP contribution in [0.2, 0.25) is 0 Å². The average Bonchev–Trinajstić information content (AvgIpc) is 2.37. The van der Waals surface area contributed by atoms with E-state index in [4.69, 9.17) is 14.6 Å². The summed E-state index contributed by atoms with van der Waals surface area (Å²) in [5.74, 6) is 0.501. The molecule has 6 heteroatoms. The van der Waals surface area contributed by atoms with Crippen LogP contribution in [0.1, 0.15) is 20.8 Å². The molecule has 112 valence electrons. The molecule has 0 saturated heterocycles. The van der Waals surface area contributed by atoms with Crippen LogP contribution in [-0.4, -0.2) is 53.0 Å². The van der Waals surface area contributed by atoms with E-state index in [1.165, 1.54) is 4.90 Å². The number of rotatable bonds is 6. The maximum absolute atomic E-state index is 11.9. The SMILES string of the molecule is CC(C)(C)OC(=O)N(CCO)CCOc1ccccn1. The lowest BCUT2D eigenvalue weighted by Crippen LogP contribution is -2.40. The molecule has 1 N–H and O–H groups in total. The Morgan fingerprint density at radius 3 is 2.65 bits per heavy atom. The molecule has 1 heterocycles. The van der Waals surface area contributed by atoms with E-state index in [1.54, 1.807) is 39.1 Å². The molecule has 20 heavy (non-hydrogen) atoms. The number of hydrogen-bond donors (Lipinski definition) is 1. The monoisotopic (exact) mass is 282 g/mol. The quantitative estimate of drug-likeness (QED) is 0.859. The molecule has 0 aliphatic rings. The van der Waals surface area contributed by atoms with Gasteiger partial charge in [-0.05, 0) is 26.8 Å². The number of nitrogens with zero attached hydrogens (tertiary/aromatic N) is 2. The van der Waals surface area contributed by atoms with Crippen molar-refractivity contribution < 1.29 is 19.4 Å². The van der Waals surface area contributed by atoms with E-state index in [1.807, 2.05) is 6.07 Å². The number of carbonyl (C=O) groups excluding carboxylic acids is 1. The fourth-order valence-corrected chi connectivity index (χ4v) is 1.43. The maximum Gasteiger partial charge on any atom is 0.410 e. The minimum atomic E-state index is -0.563. The van der Waals surface area contributed by atoms with Gasteiger partial charge in [-0.3, -0.25) is 0 Å². The van der Waals surface area contributed by atoms with Crippen LogP contribution >= 0.6 is 0 Å². The van der Waals surface area contributed by atoms with Crippen molar-refractivity contribution in [2.75, 3.05) is 26.3 Å². The highest BCUT2D eigenvalue weighted by atomic mass is 16.6. The number of aliphatic hydroxyl groups is 1. The molecular formula is C14H22N2O4. The first-order valence-corrected chi connectivity index (χ1v) is 6.55. The Balaban J connectivity index is 2.44. The summed E-state index contributed by atoms with van der Waals surface area (Å²) in [7, 11) is 0. The second kappa shape index (κ2) is 7.69. The zero-order chi connectivity index (χ0) is 15.0. The van der Waals surface area contributed by atoms with E-state index in [-0.39, 0.29) is 19.8 Å². The molecule has 1 amide bonds. The smallest absolute Gasteiger partial charge is 0.410 e. The van der Waals surface area contributed by atoms with Crippen molar-refractivity contribution in [1.29, 1.82) is 0 Å². The Hall–Kier alpha value is -1.82. The minimum absolute atomic E-state index is 0.122. The van der Waals surface area contributed by atoms with Crippen LogP contribution in [0.4, 0.5) is 4.79 Å². The summed E-state index contributed by atoms with van der Waals surface area (Å²) in [6.07, 6.45) is 1.17. The lowest BCUT2D eigenvalue weighted by Gasteiger charge is -2.26. The molecule has 0 aromatic carbocycles. The van der Waals surface area contributed by atoms with Crippen molar-refractivity contribution in [1.82, 2.24) is 9.88 Å². The van der Waals surface area contributed by atoms with Crippen molar-refractivity contribution in [3.8, 4) is 5.88 Å². The third-order valence-corrected chi connectivity index (χ3v) is 2.27. The molecule has 0 fully saturated rings. The summed E-state index contributed by atoms with van der Waals surface area (Å²) < 4.78 is 10.7. The van der Waals surface area contributed by atoms with Crippen LogP contribution in [0.5, 0.6) is 5.88 Å². The molecule has 6 nitrogen and oxygen atoms in total. The number of ether oxygens (including phenoxy) is 2. The molecule has 1 aromatic rings. The van der Waals surface area contributed by atoms with Gasteiger partial charge in [-0.15, -0.1) is 0 Å². The van der Waals surface area contributed by atoms with Gasteiger partial charge < -0.3 is 19.5 Å².